The summed E-state index contributed by atoms with van der Waals surface area (Å²) in [4.78, 5) is 8.35. The molecule has 0 radical (unpaired) electrons. The highest BCUT2D eigenvalue weighted by molar-refractivity contribution is 5.36. The first kappa shape index (κ1) is 11.1. The van der Waals surface area contributed by atoms with Crippen LogP contribution in [-0.2, 0) is 6.54 Å². The minimum atomic E-state index is 0.507. The predicted molar refractivity (Wildman–Crippen MR) is 64.1 cm³/mol. The van der Waals surface area contributed by atoms with Crippen molar-refractivity contribution in [3.63, 3.8) is 0 Å². The van der Waals surface area contributed by atoms with Crippen LogP contribution >= 0.6 is 0 Å². The molecule has 4 nitrogen and oxygen atoms in total. The van der Waals surface area contributed by atoms with E-state index in [1.807, 2.05) is 12.4 Å². The van der Waals surface area contributed by atoms with Gasteiger partial charge in [0.15, 0.2) is 5.65 Å². The Hall–Kier alpha value is -1.42. The second kappa shape index (κ2) is 4.61. The highest BCUT2D eigenvalue weighted by Crippen LogP contribution is 2.06. The predicted octanol–water partition coefficient (Wildman–Crippen LogP) is 1.86. The maximum Gasteiger partial charge on any atom is 0.155 e. The summed E-state index contributed by atoms with van der Waals surface area (Å²) in [6.45, 7) is 7.48. The number of rotatable bonds is 4. The maximum absolute atomic E-state index is 4.30. The second-order valence-electron chi connectivity index (χ2n) is 4.47. The summed E-state index contributed by atoms with van der Waals surface area (Å²) < 4.78 is 2.06. The lowest BCUT2D eigenvalue weighted by Gasteiger charge is -2.16. The van der Waals surface area contributed by atoms with E-state index >= 15 is 0 Å². The molecule has 0 bridgehead atoms. The molecule has 2 aromatic heterocycles. The molecule has 1 N–H and O–H groups in total. The molecule has 2 heterocycles. The van der Waals surface area contributed by atoms with Gasteiger partial charge in [0.05, 0.1) is 18.1 Å². The molecule has 0 aliphatic heterocycles. The van der Waals surface area contributed by atoms with Crippen LogP contribution in [0.25, 0.3) is 5.65 Å². The summed E-state index contributed by atoms with van der Waals surface area (Å²) in [6.07, 6.45) is 7.40. The van der Waals surface area contributed by atoms with Crippen molar-refractivity contribution < 1.29 is 0 Å². The number of hydrogen-bond donors (Lipinski definition) is 1. The highest BCUT2D eigenvalue weighted by Gasteiger charge is 2.08. The SMILES string of the molecule is CC(C)C(C)NCc1cnc2cnccn12. The molecule has 86 valence electrons. The third-order valence-electron chi connectivity index (χ3n) is 3.00. The van der Waals surface area contributed by atoms with Crippen molar-refractivity contribution in [2.75, 3.05) is 0 Å². The van der Waals surface area contributed by atoms with Crippen LogP contribution in [0.2, 0.25) is 0 Å². The van der Waals surface area contributed by atoms with E-state index in [9.17, 15) is 0 Å². The van der Waals surface area contributed by atoms with Gasteiger partial charge >= 0.3 is 0 Å². The summed E-state index contributed by atoms with van der Waals surface area (Å²) >= 11 is 0. The van der Waals surface area contributed by atoms with Crippen LogP contribution < -0.4 is 5.32 Å². The molecule has 0 fully saturated rings. The number of hydrogen-bond acceptors (Lipinski definition) is 3. The molecule has 1 atom stereocenters. The van der Waals surface area contributed by atoms with Gasteiger partial charge < -0.3 is 5.32 Å². The molecule has 1 unspecified atom stereocenters. The molecule has 2 rings (SSSR count). The fourth-order valence-electron chi connectivity index (χ4n) is 1.53. The van der Waals surface area contributed by atoms with Gasteiger partial charge in [-0.2, -0.15) is 0 Å². The average molecular weight is 218 g/mol. The molecule has 0 aliphatic carbocycles. The molecule has 0 aliphatic rings. The van der Waals surface area contributed by atoms with Crippen molar-refractivity contribution in [3.8, 4) is 0 Å². The molecule has 2 aromatic rings. The fourth-order valence-corrected chi connectivity index (χ4v) is 1.53. The lowest BCUT2D eigenvalue weighted by atomic mass is 10.1. The van der Waals surface area contributed by atoms with E-state index in [4.69, 9.17) is 0 Å². The molecular formula is C12H18N4. The maximum atomic E-state index is 4.30. The average Bonchev–Trinajstić information content (AvgIpc) is 2.69. The normalized spacial score (nSPS) is 13.5. The molecule has 0 spiro atoms. The van der Waals surface area contributed by atoms with Crippen molar-refractivity contribution in [2.45, 2.75) is 33.4 Å². The summed E-state index contributed by atoms with van der Waals surface area (Å²) in [6, 6.07) is 0.507. The topological polar surface area (TPSA) is 42.2 Å². The van der Waals surface area contributed by atoms with Crippen molar-refractivity contribution in [1.82, 2.24) is 19.7 Å². The minimum absolute atomic E-state index is 0.507. The molecule has 4 heteroatoms. The van der Waals surface area contributed by atoms with Gasteiger partial charge in [-0.3, -0.25) is 9.38 Å². The third-order valence-corrected chi connectivity index (χ3v) is 3.00. The van der Waals surface area contributed by atoms with Gasteiger partial charge in [-0.05, 0) is 12.8 Å². The number of nitrogens with zero attached hydrogens (tertiary/aromatic N) is 3. The quantitative estimate of drug-likeness (QED) is 0.851. The van der Waals surface area contributed by atoms with Crippen LogP contribution in [0.5, 0.6) is 0 Å². The minimum Gasteiger partial charge on any atom is -0.308 e. The van der Waals surface area contributed by atoms with Crippen LogP contribution in [0, 0.1) is 5.92 Å². The van der Waals surface area contributed by atoms with Gasteiger partial charge in [0, 0.05) is 25.0 Å². The summed E-state index contributed by atoms with van der Waals surface area (Å²) in [5.74, 6) is 0.640. The van der Waals surface area contributed by atoms with E-state index in [0.29, 0.717) is 12.0 Å². The van der Waals surface area contributed by atoms with Crippen molar-refractivity contribution >= 4 is 5.65 Å². The lowest BCUT2D eigenvalue weighted by molar-refractivity contribution is 0.423. The van der Waals surface area contributed by atoms with E-state index in [-0.39, 0.29) is 0 Å². The monoisotopic (exact) mass is 218 g/mol. The number of aromatic nitrogens is 3. The standard InChI is InChI=1S/C12H18N4/c1-9(2)10(3)14-6-11-7-15-12-8-13-4-5-16(11)12/h4-5,7-10,14H,6H2,1-3H3. The fraction of sp³-hybridized carbons (Fsp3) is 0.500. The summed E-state index contributed by atoms with van der Waals surface area (Å²) in [5.41, 5.74) is 2.07. The molecular weight excluding hydrogens is 200 g/mol. The Morgan fingerprint density at radius 2 is 2.12 bits per heavy atom. The first-order valence-electron chi connectivity index (χ1n) is 5.68. The first-order chi connectivity index (χ1) is 7.68. The Balaban J connectivity index is 2.10. The van der Waals surface area contributed by atoms with Crippen molar-refractivity contribution in [3.05, 3.63) is 30.5 Å². The van der Waals surface area contributed by atoms with Gasteiger partial charge in [0.25, 0.3) is 0 Å². The Morgan fingerprint density at radius 1 is 1.31 bits per heavy atom. The van der Waals surface area contributed by atoms with Gasteiger partial charge in [-0.1, -0.05) is 13.8 Å². The number of imidazole rings is 1. The van der Waals surface area contributed by atoms with Crippen LogP contribution in [0.3, 0.4) is 0 Å². The Morgan fingerprint density at radius 3 is 2.88 bits per heavy atom. The zero-order valence-corrected chi connectivity index (χ0v) is 10.0. The highest BCUT2D eigenvalue weighted by atomic mass is 15.0. The molecule has 0 amide bonds. The van der Waals surface area contributed by atoms with Crippen molar-refractivity contribution in [1.29, 1.82) is 0 Å². The van der Waals surface area contributed by atoms with E-state index in [1.54, 1.807) is 12.4 Å². The zero-order chi connectivity index (χ0) is 11.5. The van der Waals surface area contributed by atoms with E-state index in [0.717, 1.165) is 12.2 Å². The summed E-state index contributed by atoms with van der Waals surface area (Å²) in [5, 5.41) is 3.50. The number of fused-ring (bicyclic) bond motifs is 1. The van der Waals surface area contributed by atoms with Crippen LogP contribution in [-0.4, -0.2) is 20.4 Å². The van der Waals surface area contributed by atoms with Gasteiger partial charge in [0.1, 0.15) is 0 Å². The largest absolute Gasteiger partial charge is 0.308 e. The Kier molecular flexibility index (Phi) is 3.19. The smallest absolute Gasteiger partial charge is 0.155 e. The Labute approximate surface area is 95.7 Å². The van der Waals surface area contributed by atoms with E-state index in [1.165, 1.54) is 5.69 Å². The molecule has 0 saturated carbocycles. The van der Waals surface area contributed by atoms with Crippen LogP contribution in [0.4, 0.5) is 0 Å². The summed E-state index contributed by atoms with van der Waals surface area (Å²) in [7, 11) is 0. The first-order valence-corrected chi connectivity index (χ1v) is 5.68. The van der Waals surface area contributed by atoms with Crippen LogP contribution in [0.15, 0.2) is 24.8 Å². The molecule has 16 heavy (non-hydrogen) atoms. The Bertz CT molecular complexity index is 461. The lowest BCUT2D eigenvalue weighted by Crippen LogP contribution is -2.30. The van der Waals surface area contributed by atoms with Gasteiger partial charge in [-0.25, -0.2) is 4.98 Å². The van der Waals surface area contributed by atoms with Gasteiger partial charge in [-0.15, -0.1) is 0 Å². The van der Waals surface area contributed by atoms with Crippen molar-refractivity contribution in [2.24, 2.45) is 5.92 Å². The second-order valence-corrected chi connectivity index (χ2v) is 4.47. The zero-order valence-electron chi connectivity index (χ0n) is 10.0. The number of nitrogens with one attached hydrogen (secondary N) is 1. The third kappa shape index (κ3) is 2.22. The van der Waals surface area contributed by atoms with Crippen LogP contribution in [0.1, 0.15) is 26.5 Å². The van der Waals surface area contributed by atoms with Gasteiger partial charge in [0.2, 0.25) is 0 Å². The molecule has 0 saturated heterocycles. The van der Waals surface area contributed by atoms with E-state index in [2.05, 4.69) is 40.5 Å². The molecule has 0 aromatic carbocycles. The van der Waals surface area contributed by atoms with E-state index < -0.39 is 0 Å².